The van der Waals surface area contributed by atoms with E-state index in [1.54, 1.807) is 7.05 Å². The monoisotopic (exact) mass is 306 g/mol. The number of carbonyl (C=O) groups is 2. The molecular weight excluding hydrogens is 280 g/mol. The first kappa shape index (κ1) is 16.6. The van der Waals surface area contributed by atoms with Crippen LogP contribution in [0.15, 0.2) is 6.07 Å². The SMILES string of the molecule is CCn1c(C)cc(C(=O)N(C)C2(C(=O)O)CCCCC2)c1C. The van der Waals surface area contributed by atoms with Crippen LogP contribution in [0.25, 0.3) is 0 Å². The van der Waals surface area contributed by atoms with Crippen LogP contribution in [-0.2, 0) is 11.3 Å². The Morgan fingerprint density at radius 3 is 2.32 bits per heavy atom. The van der Waals surface area contributed by atoms with Crippen LogP contribution in [0, 0.1) is 13.8 Å². The third kappa shape index (κ3) is 2.53. The lowest BCUT2D eigenvalue weighted by molar-refractivity contribution is -0.151. The molecule has 1 amide bonds. The molecule has 1 aliphatic rings. The average molecular weight is 306 g/mol. The molecule has 0 radical (unpaired) electrons. The minimum Gasteiger partial charge on any atom is -0.479 e. The highest BCUT2D eigenvalue weighted by Crippen LogP contribution is 2.34. The molecule has 0 aromatic carbocycles. The average Bonchev–Trinajstić information content (AvgIpc) is 2.80. The van der Waals surface area contributed by atoms with Crippen LogP contribution in [0.2, 0.25) is 0 Å². The summed E-state index contributed by atoms with van der Waals surface area (Å²) >= 11 is 0. The Kier molecular flexibility index (Phi) is 4.63. The van der Waals surface area contributed by atoms with Crippen molar-refractivity contribution in [3.05, 3.63) is 23.0 Å². The highest BCUT2D eigenvalue weighted by molar-refractivity contribution is 5.99. The number of rotatable bonds is 4. The standard InChI is InChI=1S/C17H26N2O3/c1-5-19-12(2)11-14(13(19)3)15(20)18(4)17(16(21)22)9-7-6-8-10-17/h11H,5-10H2,1-4H3,(H,21,22). The van der Waals surface area contributed by atoms with Crippen molar-refractivity contribution < 1.29 is 14.7 Å². The number of aryl methyl sites for hydroxylation is 1. The van der Waals surface area contributed by atoms with Crippen molar-refractivity contribution >= 4 is 11.9 Å². The third-order valence-electron chi connectivity index (χ3n) is 5.15. The van der Waals surface area contributed by atoms with Crippen molar-refractivity contribution in [2.24, 2.45) is 0 Å². The van der Waals surface area contributed by atoms with E-state index < -0.39 is 11.5 Å². The molecule has 0 unspecified atom stereocenters. The molecule has 1 saturated carbocycles. The second-order valence-electron chi connectivity index (χ2n) is 6.29. The van der Waals surface area contributed by atoms with Gasteiger partial charge < -0.3 is 14.6 Å². The summed E-state index contributed by atoms with van der Waals surface area (Å²) in [7, 11) is 1.64. The summed E-state index contributed by atoms with van der Waals surface area (Å²) in [4.78, 5) is 26.2. The summed E-state index contributed by atoms with van der Waals surface area (Å²) in [5.41, 5.74) is 1.51. The van der Waals surface area contributed by atoms with E-state index in [0.717, 1.165) is 37.2 Å². The van der Waals surface area contributed by atoms with Gasteiger partial charge in [0.25, 0.3) is 5.91 Å². The Hall–Kier alpha value is -1.78. The number of hydrogen-bond donors (Lipinski definition) is 1. The van der Waals surface area contributed by atoms with E-state index in [-0.39, 0.29) is 5.91 Å². The second kappa shape index (κ2) is 6.15. The van der Waals surface area contributed by atoms with Gasteiger partial charge in [0.2, 0.25) is 0 Å². The molecule has 1 N–H and O–H groups in total. The van der Waals surface area contributed by atoms with E-state index in [1.165, 1.54) is 4.90 Å². The lowest BCUT2D eigenvalue weighted by Crippen LogP contribution is -2.56. The van der Waals surface area contributed by atoms with E-state index in [2.05, 4.69) is 4.57 Å². The molecule has 5 nitrogen and oxygen atoms in total. The van der Waals surface area contributed by atoms with Gasteiger partial charge in [0.15, 0.2) is 0 Å². The van der Waals surface area contributed by atoms with Gasteiger partial charge in [0.1, 0.15) is 5.54 Å². The van der Waals surface area contributed by atoms with Gasteiger partial charge in [-0.2, -0.15) is 0 Å². The van der Waals surface area contributed by atoms with Crippen molar-refractivity contribution in [3.63, 3.8) is 0 Å². The van der Waals surface area contributed by atoms with Crippen LogP contribution in [0.5, 0.6) is 0 Å². The molecule has 1 aliphatic carbocycles. The Morgan fingerprint density at radius 2 is 1.86 bits per heavy atom. The minimum atomic E-state index is -1.05. The lowest BCUT2D eigenvalue weighted by Gasteiger charge is -2.41. The van der Waals surface area contributed by atoms with Crippen molar-refractivity contribution in [1.82, 2.24) is 9.47 Å². The van der Waals surface area contributed by atoms with Gasteiger partial charge in [-0.1, -0.05) is 19.3 Å². The van der Waals surface area contributed by atoms with E-state index >= 15 is 0 Å². The van der Waals surface area contributed by atoms with Crippen LogP contribution < -0.4 is 0 Å². The van der Waals surface area contributed by atoms with E-state index in [1.807, 2.05) is 26.8 Å². The summed E-state index contributed by atoms with van der Waals surface area (Å²) < 4.78 is 2.08. The minimum absolute atomic E-state index is 0.183. The summed E-state index contributed by atoms with van der Waals surface area (Å²) in [6.45, 7) is 6.74. The predicted octanol–water partition coefficient (Wildman–Crippen LogP) is 2.98. The molecule has 2 rings (SSSR count). The number of likely N-dealkylation sites (N-methyl/N-ethyl adjacent to an activating group) is 1. The van der Waals surface area contributed by atoms with E-state index in [9.17, 15) is 14.7 Å². The van der Waals surface area contributed by atoms with Crippen molar-refractivity contribution in [3.8, 4) is 0 Å². The Morgan fingerprint density at radius 1 is 1.27 bits per heavy atom. The summed E-state index contributed by atoms with van der Waals surface area (Å²) in [6.07, 6.45) is 3.84. The number of carboxylic acid groups (broad SMARTS) is 1. The molecular formula is C17H26N2O3. The fourth-order valence-electron chi connectivity index (χ4n) is 3.71. The fraction of sp³-hybridized carbons (Fsp3) is 0.647. The summed E-state index contributed by atoms with van der Waals surface area (Å²) in [5, 5.41) is 9.73. The number of carbonyl (C=O) groups excluding carboxylic acids is 1. The lowest BCUT2D eigenvalue weighted by atomic mass is 9.80. The molecule has 1 heterocycles. The summed E-state index contributed by atoms with van der Waals surface area (Å²) in [5.74, 6) is -1.07. The molecule has 0 atom stereocenters. The van der Waals surface area contributed by atoms with Gasteiger partial charge in [0.05, 0.1) is 5.56 Å². The van der Waals surface area contributed by atoms with Crippen LogP contribution in [0.3, 0.4) is 0 Å². The first-order valence-corrected chi connectivity index (χ1v) is 8.03. The second-order valence-corrected chi connectivity index (χ2v) is 6.29. The van der Waals surface area contributed by atoms with Crippen molar-refractivity contribution in [2.45, 2.75) is 65.0 Å². The van der Waals surface area contributed by atoms with Gasteiger partial charge in [-0.05, 0) is 39.7 Å². The highest BCUT2D eigenvalue weighted by atomic mass is 16.4. The third-order valence-corrected chi connectivity index (χ3v) is 5.15. The molecule has 122 valence electrons. The van der Waals surface area contributed by atoms with Crippen LogP contribution in [0.4, 0.5) is 0 Å². The number of aromatic nitrogens is 1. The number of amides is 1. The van der Waals surface area contributed by atoms with Crippen LogP contribution in [-0.4, -0.2) is 39.0 Å². The number of hydrogen-bond acceptors (Lipinski definition) is 2. The molecule has 0 aliphatic heterocycles. The van der Waals surface area contributed by atoms with Gasteiger partial charge in [0, 0.05) is 25.0 Å². The van der Waals surface area contributed by atoms with Crippen LogP contribution >= 0.6 is 0 Å². The van der Waals surface area contributed by atoms with Gasteiger partial charge >= 0.3 is 5.97 Å². The molecule has 22 heavy (non-hydrogen) atoms. The Balaban J connectivity index is 2.37. The molecule has 1 aromatic heterocycles. The van der Waals surface area contributed by atoms with Crippen molar-refractivity contribution in [2.75, 3.05) is 7.05 Å². The van der Waals surface area contributed by atoms with Gasteiger partial charge in [-0.25, -0.2) is 4.79 Å². The van der Waals surface area contributed by atoms with E-state index in [4.69, 9.17) is 0 Å². The largest absolute Gasteiger partial charge is 0.479 e. The number of nitrogens with zero attached hydrogens (tertiary/aromatic N) is 2. The number of aliphatic carboxylic acids is 1. The number of carboxylic acids is 1. The molecule has 0 spiro atoms. The maximum atomic E-state index is 12.9. The zero-order valence-electron chi connectivity index (χ0n) is 14.0. The first-order chi connectivity index (χ1) is 10.3. The topological polar surface area (TPSA) is 62.5 Å². The fourth-order valence-corrected chi connectivity index (χ4v) is 3.71. The normalized spacial score (nSPS) is 17.3. The highest BCUT2D eigenvalue weighted by Gasteiger charge is 2.46. The molecule has 1 fully saturated rings. The molecule has 5 heteroatoms. The maximum absolute atomic E-state index is 12.9. The van der Waals surface area contributed by atoms with Crippen LogP contribution in [0.1, 0.15) is 60.8 Å². The van der Waals surface area contributed by atoms with Gasteiger partial charge in [-0.3, -0.25) is 4.79 Å². The summed E-state index contributed by atoms with van der Waals surface area (Å²) in [6, 6.07) is 1.87. The zero-order chi connectivity index (χ0) is 16.5. The smallest absolute Gasteiger partial charge is 0.329 e. The van der Waals surface area contributed by atoms with Gasteiger partial charge in [-0.15, -0.1) is 0 Å². The Labute approximate surface area is 131 Å². The van der Waals surface area contributed by atoms with Crippen molar-refractivity contribution in [1.29, 1.82) is 0 Å². The predicted molar refractivity (Wildman–Crippen MR) is 85.1 cm³/mol. The zero-order valence-corrected chi connectivity index (χ0v) is 14.0. The quantitative estimate of drug-likeness (QED) is 0.930. The molecule has 0 bridgehead atoms. The Bertz CT molecular complexity index is 583. The molecule has 0 saturated heterocycles. The molecule has 1 aromatic rings. The van der Waals surface area contributed by atoms with E-state index in [0.29, 0.717) is 18.4 Å². The maximum Gasteiger partial charge on any atom is 0.329 e. The first-order valence-electron chi connectivity index (χ1n) is 8.03.